The van der Waals surface area contributed by atoms with Crippen molar-refractivity contribution in [2.75, 3.05) is 43.9 Å². The van der Waals surface area contributed by atoms with E-state index in [4.69, 9.17) is 10.7 Å². The van der Waals surface area contributed by atoms with Crippen molar-refractivity contribution in [2.24, 2.45) is 0 Å². The van der Waals surface area contributed by atoms with Crippen molar-refractivity contribution in [1.29, 1.82) is 0 Å². The molecule has 0 radical (unpaired) electrons. The molecule has 0 aliphatic carbocycles. The average molecular weight is 263 g/mol. The van der Waals surface area contributed by atoms with Crippen LogP contribution in [0.4, 0.5) is 11.6 Å². The summed E-state index contributed by atoms with van der Waals surface area (Å²) in [5.74, 6) is 2.35. The third-order valence-electron chi connectivity index (χ3n) is 3.45. The zero-order valence-electron chi connectivity index (χ0n) is 12.5. The third kappa shape index (κ3) is 3.56. The summed E-state index contributed by atoms with van der Waals surface area (Å²) in [6, 6.07) is 1.89. The number of hydrogen-bond acceptors (Lipinski definition) is 5. The largest absolute Gasteiger partial charge is 0.384 e. The first kappa shape index (κ1) is 14.1. The minimum Gasteiger partial charge on any atom is -0.384 e. The van der Waals surface area contributed by atoms with E-state index in [9.17, 15) is 0 Å². The van der Waals surface area contributed by atoms with Gasteiger partial charge in [-0.15, -0.1) is 0 Å². The van der Waals surface area contributed by atoms with E-state index in [1.54, 1.807) is 0 Å². The molecular weight excluding hydrogens is 238 g/mol. The fourth-order valence-electron chi connectivity index (χ4n) is 2.23. The van der Waals surface area contributed by atoms with Crippen LogP contribution in [-0.2, 0) is 5.41 Å². The monoisotopic (exact) mass is 263 g/mol. The number of nitrogen functional groups attached to an aromatic ring is 1. The summed E-state index contributed by atoms with van der Waals surface area (Å²) in [5, 5.41) is 0. The number of hydrogen-bond donors (Lipinski definition) is 1. The van der Waals surface area contributed by atoms with E-state index < -0.39 is 0 Å². The molecule has 1 saturated heterocycles. The number of rotatable bonds is 1. The van der Waals surface area contributed by atoms with Crippen LogP contribution in [0, 0.1) is 0 Å². The van der Waals surface area contributed by atoms with Crippen LogP contribution >= 0.6 is 0 Å². The summed E-state index contributed by atoms with van der Waals surface area (Å²) in [4.78, 5) is 13.8. The van der Waals surface area contributed by atoms with E-state index in [2.05, 4.69) is 42.6 Å². The topological polar surface area (TPSA) is 58.3 Å². The third-order valence-corrected chi connectivity index (χ3v) is 3.45. The highest BCUT2D eigenvalue weighted by Crippen LogP contribution is 2.23. The molecule has 106 valence electrons. The Kier molecular flexibility index (Phi) is 3.94. The molecule has 0 unspecified atom stereocenters. The standard InChI is InChI=1S/C14H25N5/c1-14(2,3)13-16-11(15)10-12(17-13)19-7-5-6-18(4)8-9-19/h10H,5-9H2,1-4H3,(H2,15,16,17). The zero-order valence-corrected chi connectivity index (χ0v) is 12.5. The molecule has 0 spiro atoms. The Morgan fingerprint density at radius 3 is 2.53 bits per heavy atom. The minimum absolute atomic E-state index is 0.0766. The van der Waals surface area contributed by atoms with Crippen molar-refractivity contribution in [2.45, 2.75) is 32.6 Å². The Balaban J connectivity index is 2.26. The number of likely N-dealkylation sites (N-methyl/N-ethyl adjacent to an activating group) is 1. The van der Waals surface area contributed by atoms with Gasteiger partial charge in [0, 0.05) is 31.1 Å². The second-order valence-corrected chi connectivity index (χ2v) is 6.37. The van der Waals surface area contributed by atoms with Gasteiger partial charge in [0.15, 0.2) is 0 Å². The first-order valence-corrected chi connectivity index (χ1v) is 6.95. The van der Waals surface area contributed by atoms with E-state index >= 15 is 0 Å². The summed E-state index contributed by atoms with van der Waals surface area (Å²) in [6.07, 6.45) is 1.16. The highest BCUT2D eigenvalue weighted by molar-refractivity contribution is 5.47. The van der Waals surface area contributed by atoms with Gasteiger partial charge < -0.3 is 15.5 Å². The second kappa shape index (κ2) is 5.33. The van der Waals surface area contributed by atoms with Crippen LogP contribution in [0.3, 0.4) is 0 Å². The van der Waals surface area contributed by atoms with Gasteiger partial charge in [-0.1, -0.05) is 20.8 Å². The lowest BCUT2D eigenvalue weighted by Crippen LogP contribution is -2.30. The molecule has 0 atom stereocenters. The lowest BCUT2D eigenvalue weighted by atomic mass is 9.96. The van der Waals surface area contributed by atoms with Crippen LogP contribution in [0.5, 0.6) is 0 Å². The number of aromatic nitrogens is 2. The van der Waals surface area contributed by atoms with Gasteiger partial charge >= 0.3 is 0 Å². The molecule has 2 heterocycles. The summed E-state index contributed by atoms with van der Waals surface area (Å²) in [6.45, 7) is 10.6. The van der Waals surface area contributed by atoms with Crippen molar-refractivity contribution in [3.8, 4) is 0 Å². The van der Waals surface area contributed by atoms with E-state index in [0.717, 1.165) is 44.2 Å². The molecule has 2 rings (SSSR count). The fourth-order valence-corrected chi connectivity index (χ4v) is 2.23. The maximum atomic E-state index is 5.94. The average Bonchev–Trinajstić information content (AvgIpc) is 2.52. The Morgan fingerprint density at radius 2 is 1.84 bits per heavy atom. The lowest BCUT2D eigenvalue weighted by Gasteiger charge is -2.24. The van der Waals surface area contributed by atoms with Gasteiger partial charge in [0.1, 0.15) is 17.5 Å². The molecule has 0 saturated carbocycles. The Labute approximate surface area is 115 Å². The van der Waals surface area contributed by atoms with Crippen molar-refractivity contribution in [3.05, 3.63) is 11.9 Å². The molecule has 19 heavy (non-hydrogen) atoms. The van der Waals surface area contributed by atoms with Crippen molar-refractivity contribution in [1.82, 2.24) is 14.9 Å². The Morgan fingerprint density at radius 1 is 1.11 bits per heavy atom. The van der Waals surface area contributed by atoms with Gasteiger partial charge in [-0.05, 0) is 20.0 Å². The summed E-state index contributed by atoms with van der Waals surface area (Å²) < 4.78 is 0. The Bertz CT molecular complexity index is 438. The van der Waals surface area contributed by atoms with E-state index in [1.807, 2.05) is 6.07 Å². The zero-order chi connectivity index (χ0) is 14.0. The second-order valence-electron chi connectivity index (χ2n) is 6.37. The molecule has 0 bridgehead atoms. The summed E-state index contributed by atoms with van der Waals surface area (Å²) in [7, 11) is 2.17. The molecule has 1 aromatic rings. The first-order chi connectivity index (χ1) is 8.86. The van der Waals surface area contributed by atoms with E-state index in [1.165, 1.54) is 0 Å². The van der Waals surface area contributed by atoms with Crippen LogP contribution in [-0.4, -0.2) is 48.1 Å². The molecule has 0 amide bonds. The summed E-state index contributed by atoms with van der Waals surface area (Å²) in [5.41, 5.74) is 5.86. The van der Waals surface area contributed by atoms with Gasteiger partial charge in [-0.3, -0.25) is 0 Å². The van der Waals surface area contributed by atoms with E-state index in [0.29, 0.717) is 5.82 Å². The Hall–Kier alpha value is -1.36. The minimum atomic E-state index is -0.0766. The molecule has 1 aliphatic rings. The molecule has 1 aliphatic heterocycles. The molecule has 0 aromatic carbocycles. The van der Waals surface area contributed by atoms with Crippen molar-refractivity contribution in [3.63, 3.8) is 0 Å². The molecule has 5 nitrogen and oxygen atoms in total. The highest BCUT2D eigenvalue weighted by Gasteiger charge is 2.21. The molecular formula is C14H25N5. The molecule has 1 fully saturated rings. The van der Waals surface area contributed by atoms with Crippen molar-refractivity contribution >= 4 is 11.6 Å². The van der Waals surface area contributed by atoms with Crippen LogP contribution in [0.2, 0.25) is 0 Å². The van der Waals surface area contributed by atoms with Crippen LogP contribution in [0.1, 0.15) is 33.0 Å². The van der Waals surface area contributed by atoms with Crippen LogP contribution in [0.15, 0.2) is 6.07 Å². The SMILES string of the molecule is CN1CCCN(c2cc(N)nc(C(C)(C)C)n2)CC1. The molecule has 1 aromatic heterocycles. The molecule has 2 N–H and O–H groups in total. The quantitative estimate of drug-likeness (QED) is 0.832. The maximum absolute atomic E-state index is 5.94. The number of nitrogens with zero attached hydrogens (tertiary/aromatic N) is 4. The predicted octanol–water partition coefficient (Wildman–Crippen LogP) is 1.50. The van der Waals surface area contributed by atoms with Crippen LogP contribution in [0.25, 0.3) is 0 Å². The predicted molar refractivity (Wildman–Crippen MR) is 79.5 cm³/mol. The van der Waals surface area contributed by atoms with Gasteiger partial charge in [0.2, 0.25) is 0 Å². The van der Waals surface area contributed by atoms with Crippen LogP contribution < -0.4 is 10.6 Å². The van der Waals surface area contributed by atoms with Gasteiger partial charge in [-0.25, -0.2) is 9.97 Å². The number of nitrogens with two attached hydrogens (primary N) is 1. The summed E-state index contributed by atoms with van der Waals surface area (Å²) >= 11 is 0. The lowest BCUT2D eigenvalue weighted by molar-refractivity contribution is 0.360. The molecule has 5 heteroatoms. The normalized spacial score (nSPS) is 18.4. The van der Waals surface area contributed by atoms with Crippen molar-refractivity contribution < 1.29 is 0 Å². The fraction of sp³-hybridized carbons (Fsp3) is 0.714. The van der Waals surface area contributed by atoms with Gasteiger partial charge in [-0.2, -0.15) is 0 Å². The number of anilines is 2. The van der Waals surface area contributed by atoms with E-state index in [-0.39, 0.29) is 5.41 Å². The smallest absolute Gasteiger partial charge is 0.138 e. The maximum Gasteiger partial charge on any atom is 0.138 e. The highest BCUT2D eigenvalue weighted by atomic mass is 15.2. The van der Waals surface area contributed by atoms with Gasteiger partial charge in [0.25, 0.3) is 0 Å². The van der Waals surface area contributed by atoms with Gasteiger partial charge in [0.05, 0.1) is 0 Å². The first-order valence-electron chi connectivity index (χ1n) is 6.95.